The van der Waals surface area contributed by atoms with E-state index in [1.807, 2.05) is 18.2 Å². The Hall–Kier alpha value is -1.95. The van der Waals surface area contributed by atoms with Crippen molar-refractivity contribution in [1.29, 1.82) is 0 Å². The highest BCUT2D eigenvalue weighted by atomic mass is 35.5. The molecule has 31 heavy (non-hydrogen) atoms. The number of fused-ring (bicyclic) bond motifs is 1. The quantitative estimate of drug-likeness (QED) is 0.253. The maximum atomic E-state index is 6.37. The molecule has 2 aromatic rings. The summed E-state index contributed by atoms with van der Waals surface area (Å²) in [6.45, 7) is 13.9. The van der Waals surface area contributed by atoms with Crippen molar-refractivity contribution >= 4 is 22.6 Å². The predicted octanol–water partition coefficient (Wildman–Crippen LogP) is 5.25. The van der Waals surface area contributed by atoms with E-state index in [0.29, 0.717) is 11.2 Å². The van der Waals surface area contributed by atoms with E-state index in [0.717, 1.165) is 62.4 Å². The van der Waals surface area contributed by atoms with Crippen LogP contribution in [0.3, 0.4) is 0 Å². The van der Waals surface area contributed by atoms with Crippen LogP contribution in [0.25, 0.3) is 11.0 Å². The zero-order chi connectivity index (χ0) is 22.1. The van der Waals surface area contributed by atoms with Gasteiger partial charge in [0.1, 0.15) is 17.1 Å². The van der Waals surface area contributed by atoms with Crippen LogP contribution < -0.4 is 10.6 Å². The van der Waals surface area contributed by atoms with Crippen LogP contribution >= 0.6 is 11.6 Å². The van der Waals surface area contributed by atoms with Crippen LogP contribution in [0.2, 0.25) is 5.15 Å². The van der Waals surface area contributed by atoms with E-state index in [1.165, 1.54) is 30.4 Å². The standard InChI is InChI=1S/C25H36ClN5/c1-4-8-19(5-2)11-14-27-12-7-13-28-16-20-9-10-22(15-20)31-17-21(6-3)23-24(26)29-18-30-25(23)31/h4-5,8,17-18,20,22,27-28H,1-2,6-7,9-16H2,3H3/b19-8+/t20-,22+/m1/s1. The molecule has 0 bridgehead atoms. The van der Waals surface area contributed by atoms with Gasteiger partial charge in [0.15, 0.2) is 0 Å². The van der Waals surface area contributed by atoms with Crippen LogP contribution in [0, 0.1) is 5.92 Å². The summed E-state index contributed by atoms with van der Waals surface area (Å²) in [5, 5.41) is 8.76. The van der Waals surface area contributed by atoms with Gasteiger partial charge in [-0.25, -0.2) is 9.97 Å². The monoisotopic (exact) mass is 441 g/mol. The predicted molar refractivity (Wildman–Crippen MR) is 132 cm³/mol. The van der Waals surface area contributed by atoms with Gasteiger partial charge >= 0.3 is 0 Å². The summed E-state index contributed by atoms with van der Waals surface area (Å²) in [4.78, 5) is 8.73. The fourth-order valence-electron chi connectivity index (χ4n) is 4.56. The lowest BCUT2D eigenvalue weighted by atomic mass is 10.1. The molecule has 5 nitrogen and oxygen atoms in total. The lowest BCUT2D eigenvalue weighted by Gasteiger charge is -2.15. The van der Waals surface area contributed by atoms with Crippen molar-refractivity contribution < 1.29 is 0 Å². The number of aryl methyl sites for hydroxylation is 1. The summed E-state index contributed by atoms with van der Waals surface area (Å²) in [6, 6.07) is 0.505. The molecule has 2 atom stereocenters. The summed E-state index contributed by atoms with van der Waals surface area (Å²) >= 11 is 6.37. The van der Waals surface area contributed by atoms with Crippen LogP contribution in [-0.4, -0.2) is 40.7 Å². The number of nitrogens with one attached hydrogen (secondary N) is 2. The van der Waals surface area contributed by atoms with Crippen LogP contribution in [0.4, 0.5) is 0 Å². The topological polar surface area (TPSA) is 54.8 Å². The van der Waals surface area contributed by atoms with E-state index in [9.17, 15) is 0 Å². The van der Waals surface area contributed by atoms with E-state index in [1.54, 1.807) is 6.33 Å². The first-order valence-electron chi connectivity index (χ1n) is 11.5. The fourth-order valence-corrected chi connectivity index (χ4v) is 4.81. The number of rotatable bonds is 13. The van der Waals surface area contributed by atoms with Gasteiger partial charge in [-0.1, -0.05) is 49.9 Å². The van der Waals surface area contributed by atoms with Gasteiger partial charge in [0.05, 0.1) is 5.39 Å². The molecule has 168 valence electrons. The second kappa shape index (κ2) is 12.2. The Morgan fingerprint density at radius 3 is 2.84 bits per heavy atom. The van der Waals surface area contributed by atoms with E-state index in [4.69, 9.17) is 11.6 Å². The van der Waals surface area contributed by atoms with Crippen molar-refractivity contribution in [3.05, 3.63) is 60.2 Å². The molecule has 1 saturated carbocycles. The molecule has 2 N–H and O–H groups in total. The van der Waals surface area contributed by atoms with Gasteiger partial charge in [-0.2, -0.15) is 0 Å². The summed E-state index contributed by atoms with van der Waals surface area (Å²) in [5.74, 6) is 0.719. The third-order valence-corrected chi connectivity index (χ3v) is 6.54. The second-order valence-corrected chi connectivity index (χ2v) is 8.71. The molecule has 2 heterocycles. The highest BCUT2D eigenvalue weighted by molar-refractivity contribution is 6.34. The van der Waals surface area contributed by atoms with Crippen molar-refractivity contribution in [2.75, 3.05) is 26.2 Å². The van der Waals surface area contributed by atoms with Crippen molar-refractivity contribution in [2.24, 2.45) is 5.92 Å². The van der Waals surface area contributed by atoms with Gasteiger partial charge in [-0.15, -0.1) is 0 Å². The zero-order valence-electron chi connectivity index (χ0n) is 18.7. The van der Waals surface area contributed by atoms with Gasteiger partial charge in [0.25, 0.3) is 0 Å². The lowest BCUT2D eigenvalue weighted by molar-refractivity contribution is 0.452. The highest BCUT2D eigenvalue weighted by Crippen LogP contribution is 2.38. The molecular weight excluding hydrogens is 406 g/mol. The second-order valence-electron chi connectivity index (χ2n) is 8.35. The first kappa shape index (κ1) is 23.7. The Labute approximate surface area is 191 Å². The average molecular weight is 442 g/mol. The maximum Gasteiger partial charge on any atom is 0.145 e. The van der Waals surface area contributed by atoms with Crippen molar-refractivity contribution in [3.8, 4) is 0 Å². The molecule has 6 heteroatoms. The number of halogens is 1. The van der Waals surface area contributed by atoms with Crippen LogP contribution in [0.5, 0.6) is 0 Å². The molecule has 0 aromatic carbocycles. The molecule has 2 aromatic heterocycles. The van der Waals surface area contributed by atoms with Crippen LogP contribution in [-0.2, 0) is 6.42 Å². The van der Waals surface area contributed by atoms with Gasteiger partial charge in [0.2, 0.25) is 0 Å². The Morgan fingerprint density at radius 1 is 1.23 bits per heavy atom. The van der Waals surface area contributed by atoms with E-state index >= 15 is 0 Å². The molecule has 1 aliphatic rings. The van der Waals surface area contributed by atoms with Crippen molar-refractivity contribution in [1.82, 2.24) is 25.2 Å². The molecule has 0 unspecified atom stereocenters. The first-order chi connectivity index (χ1) is 15.2. The molecule has 0 amide bonds. The van der Waals surface area contributed by atoms with E-state index in [2.05, 4.69) is 51.4 Å². The molecule has 0 aliphatic heterocycles. The van der Waals surface area contributed by atoms with Crippen molar-refractivity contribution in [3.63, 3.8) is 0 Å². The molecule has 0 radical (unpaired) electrons. The molecule has 3 rings (SSSR count). The largest absolute Gasteiger partial charge is 0.329 e. The minimum absolute atomic E-state index is 0.505. The third kappa shape index (κ3) is 6.28. The minimum atomic E-state index is 0.505. The zero-order valence-corrected chi connectivity index (χ0v) is 19.5. The van der Waals surface area contributed by atoms with Gasteiger partial charge in [-0.3, -0.25) is 0 Å². The van der Waals surface area contributed by atoms with Crippen LogP contribution in [0.15, 0.2) is 49.5 Å². The number of hydrogen-bond donors (Lipinski definition) is 2. The maximum absolute atomic E-state index is 6.37. The molecule has 0 saturated heterocycles. The fraction of sp³-hybridized carbons (Fsp3) is 0.520. The molecular formula is C25H36ClN5. The Balaban J connectivity index is 1.37. The van der Waals surface area contributed by atoms with Gasteiger partial charge in [0, 0.05) is 12.2 Å². The number of aromatic nitrogens is 3. The summed E-state index contributed by atoms with van der Waals surface area (Å²) in [6.07, 6.45) is 16.3. The average Bonchev–Trinajstić information content (AvgIpc) is 3.39. The summed E-state index contributed by atoms with van der Waals surface area (Å²) < 4.78 is 2.35. The van der Waals surface area contributed by atoms with E-state index < -0.39 is 0 Å². The van der Waals surface area contributed by atoms with E-state index in [-0.39, 0.29) is 0 Å². The van der Waals surface area contributed by atoms with Crippen LogP contribution in [0.1, 0.15) is 50.6 Å². The first-order valence-corrected chi connectivity index (χ1v) is 11.9. The Bertz CT molecular complexity index is 901. The third-order valence-electron chi connectivity index (χ3n) is 6.25. The molecule has 1 fully saturated rings. The molecule has 1 aliphatic carbocycles. The molecule has 0 spiro atoms. The Kier molecular flexibility index (Phi) is 9.31. The minimum Gasteiger partial charge on any atom is -0.329 e. The smallest absolute Gasteiger partial charge is 0.145 e. The Morgan fingerprint density at radius 2 is 2.06 bits per heavy atom. The highest BCUT2D eigenvalue weighted by Gasteiger charge is 2.27. The summed E-state index contributed by atoms with van der Waals surface area (Å²) in [5.41, 5.74) is 3.46. The van der Waals surface area contributed by atoms with Gasteiger partial charge < -0.3 is 15.2 Å². The number of nitrogens with zero attached hydrogens (tertiary/aromatic N) is 3. The number of hydrogen-bond acceptors (Lipinski definition) is 4. The lowest BCUT2D eigenvalue weighted by Crippen LogP contribution is -2.26. The number of allylic oxidation sites excluding steroid dienone is 3. The van der Waals surface area contributed by atoms with Gasteiger partial charge in [-0.05, 0) is 81.8 Å². The normalized spacial score (nSPS) is 19.2. The summed E-state index contributed by atoms with van der Waals surface area (Å²) in [7, 11) is 0. The van der Waals surface area contributed by atoms with Crippen molar-refractivity contribution in [2.45, 2.75) is 51.5 Å². The SMILES string of the molecule is C=C/C=C(\C=C)CCNCCCNC[C@@H]1CC[C@H](n2cc(CC)c3c(Cl)ncnc32)C1.